The van der Waals surface area contributed by atoms with Crippen molar-refractivity contribution in [3.63, 3.8) is 0 Å². The van der Waals surface area contributed by atoms with Gasteiger partial charge >= 0.3 is 5.97 Å². The van der Waals surface area contributed by atoms with E-state index in [0.717, 1.165) is 11.6 Å². The van der Waals surface area contributed by atoms with Gasteiger partial charge in [-0.1, -0.05) is 36.4 Å². The van der Waals surface area contributed by atoms with Crippen LogP contribution in [0.15, 0.2) is 84.0 Å². The first-order chi connectivity index (χ1) is 16.0. The number of rotatable bonds is 8. The average molecular weight is 445 g/mol. The molecule has 1 N–H and O–H groups in total. The molecule has 0 heterocycles. The number of hydrogen-bond donors (Lipinski definition) is 1. The second-order valence-electron chi connectivity index (χ2n) is 6.58. The molecule has 0 radical (unpaired) electrons. The van der Waals surface area contributed by atoms with Gasteiger partial charge in [0.25, 0.3) is 11.6 Å². The lowest BCUT2D eigenvalue weighted by Crippen LogP contribution is -2.17. The van der Waals surface area contributed by atoms with Crippen LogP contribution in [0.3, 0.4) is 0 Å². The molecule has 0 aliphatic heterocycles. The van der Waals surface area contributed by atoms with Crippen LogP contribution in [0.4, 0.5) is 5.69 Å². The zero-order valence-electron chi connectivity index (χ0n) is 17.5. The number of esters is 1. The number of carbonyl (C=O) groups is 2. The van der Waals surface area contributed by atoms with Crippen molar-refractivity contribution < 1.29 is 24.0 Å². The molecule has 0 unspecified atom stereocenters. The van der Waals surface area contributed by atoms with Crippen molar-refractivity contribution in [1.29, 1.82) is 0 Å². The van der Waals surface area contributed by atoms with E-state index in [2.05, 4.69) is 10.5 Å². The third kappa shape index (κ3) is 6.59. The average Bonchev–Trinajstić information content (AvgIpc) is 2.84. The summed E-state index contributed by atoms with van der Waals surface area (Å²) in [6.07, 6.45) is 4.31. The zero-order chi connectivity index (χ0) is 23.6. The number of non-ortho nitro benzene ring substituents is 1. The lowest BCUT2D eigenvalue weighted by Gasteiger charge is -2.08. The van der Waals surface area contributed by atoms with E-state index in [1.807, 2.05) is 30.3 Å². The largest absolute Gasteiger partial charge is 0.493 e. The van der Waals surface area contributed by atoms with Gasteiger partial charge in [-0.3, -0.25) is 14.9 Å². The number of nitrogens with zero attached hydrogens (tertiary/aromatic N) is 2. The van der Waals surface area contributed by atoms with Crippen LogP contribution in [0.25, 0.3) is 6.08 Å². The maximum absolute atomic E-state index is 12.1. The number of ether oxygens (including phenoxy) is 2. The lowest BCUT2D eigenvalue weighted by molar-refractivity contribution is -0.384. The first-order valence-electron chi connectivity index (χ1n) is 9.67. The maximum Gasteiger partial charge on any atom is 0.336 e. The third-order valence-electron chi connectivity index (χ3n) is 4.31. The number of methoxy groups -OCH3 is 1. The summed E-state index contributed by atoms with van der Waals surface area (Å²) in [5.74, 6) is -0.649. The molecule has 0 saturated heterocycles. The van der Waals surface area contributed by atoms with E-state index in [1.165, 1.54) is 43.7 Å². The summed E-state index contributed by atoms with van der Waals surface area (Å²) >= 11 is 0. The number of benzene rings is 3. The smallest absolute Gasteiger partial charge is 0.336 e. The SMILES string of the molecule is COc1cc(/C=N/NC(=O)c2cccc([N+](=O)[O-])c2)ccc1OC(=O)/C=C/c1ccccc1. The standard InChI is InChI=1S/C24H19N3O6/c1-32-22-14-18(16-25-26-24(29)19-8-5-9-20(15-19)27(30)31)10-12-21(22)33-23(28)13-11-17-6-3-2-4-7-17/h2-16H,1H3,(H,26,29)/b13-11+,25-16+. The van der Waals surface area contributed by atoms with Crippen LogP contribution in [0, 0.1) is 10.1 Å². The van der Waals surface area contributed by atoms with Gasteiger partial charge in [-0.2, -0.15) is 5.10 Å². The summed E-state index contributed by atoms with van der Waals surface area (Å²) in [5.41, 5.74) is 3.63. The van der Waals surface area contributed by atoms with E-state index in [1.54, 1.807) is 18.2 Å². The fraction of sp³-hybridized carbons (Fsp3) is 0.0417. The topological polar surface area (TPSA) is 120 Å². The van der Waals surface area contributed by atoms with E-state index in [4.69, 9.17) is 9.47 Å². The van der Waals surface area contributed by atoms with Gasteiger partial charge in [0, 0.05) is 23.8 Å². The molecule has 0 spiro atoms. The number of amides is 1. The van der Waals surface area contributed by atoms with Gasteiger partial charge in [-0.05, 0) is 41.5 Å². The maximum atomic E-state index is 12.1. The van der Waals surface area contributed by atoms with Crippen LogP contribution in [0.5, 0.6) is 11.5 Å². The Morgan fingerprint density at radius 3 is 2.48 bits per heavy atom. The number of hydrazone groups is 1. The molecule has 3 rings (SSSR count). The Kier molecular flexibility index (Phi) is 7.63. The van der Waals surface area contributed by atoms with Crippen molar-refractivity contribution in [1.82, 2.24) is 5.43 Å². The summed E-state index contributed by atoms with van der Waals surface area (Å²) in [6, 6.07) is 19.4. The van der Waals surface area contributed by atoms with Gasteiger partial charge in [0.15, 0.2) is 11.5 Å². The Hall–Kier alpha value is -4.79. The highest BCUT2D eigenvalue weighted by molar-refractivity contribution is 5.95. The quantitative estimate of drug-likeness (QED) is 0.140. The predicted octanol–water partition coefficient (Wildman–Crippen LogP) is 3.99. The number of nitrogens with one attached hydrogen (secondary N) is 1. The molecule has 3 aromatic rings. The molecule has 0 atom stereocenters. The molecule has 166 valence electrons. The van der Waals surface area contributed by atoms with Gasteiger partial charge in [-0.15, -0.1) is 0 Å². The monoisotopic (exact) mass is 445 g/mol. The first kappa shape index (κ1) is 22.9. The van der Waals surface area contributed by atoms with Crippen molar-refractivity contribution in [2.45, 2.75) is 0 Å². The second-order valence-corrected chi connectivity index (χ2v) is 6.58. The Bertz CT molecular complexity index is 1220. The second kappa shape index (κ2) is 11.0. The molecule has 3 aromatic carbocycles. The zero-order valence-corrected chi connectivity index (χ0v) is 17.5. The molecule has 0 saturated carbocycles. The van der Waals surface area contributed by atoms with Crippen molar-refractivity contribution in [3.05, 3.63) is 106 Å². The Balaban J connectivity index is 1.63. The van der Waals surface area contributed by atoms with Gasteiger partial charge in [0.1, 0.15) is 0 Å². The van der Waals surface area contributed by atoms with Crippen LogP contribution < -0.4 is 14.9 Å². The highest BCUT2D eigenvalue weighted by Gasteiger charge is 2.11. The molecule has 9 heteroatoms. The Morgan fingerprint density at radius 2 is 1.76 bits per heavy atom. The van der Waals surface area contributed by atoms with Gasteiger partial charge < -0.3 is 9.47 Å². The van der Waals surface area contributed by atoms with E-state index in [-0.39, 0.29) is 17.0 Å². The summed E-state index contributed by atoms with van der Waals surface area (Å²) < 4.78 is 10.6. The van der Waals surface area contributed by atoms with Gasteiger partial charge in [0.05, 0.1) is 18.2 Å². The molecule has 0 fully saturated rings. The van der Waals surface area contributed by atoms with Crippen LogP contribution in [-0.4, -0.2) is 30.1 Å². The number of nitro groups is 1. The van der Waals surface area contributed by atoms with Crippen molar-refractivity contribution >= 4 is 29.9 Å². The molecular weight excluding hydrogens is 426 g/mol. The molecular formula is C24H19N3O6. The minimum Gasteiger partial charge on any atom is -0.493 e. The third-order valence-corrected chi connectivity index (χ3v) is 4.31. The van der Waals surface area contributed by atoms with Crippen LogP contribution in [0.1, 0.15) is 21.5 Å². The normalized spacial score (nSPS) is 10.8. The molecule has 0 bridgehead atoms. The fourth-order valence-electron chi connectivity index (χ4n) is 2.71. The molecule has 0 aliphatic carbocycles. The lowest BCUT2D eigenvalue weighted by atomic mass is 10.2. The molecule has 33 heavy (non-hydrogen) atoms. The van der Waals surface area contributed by atoms with E-state index < -0.39 is 16.8 Å². The summed E-state index contributed by atoms with van der Waals surface area (Å²) in [6.45, 7) is 0. The van der Waals surface area contributed by atoms with E-state index in [9.17, 15) is 19.7 Å². The molecule has 0 aliphatic rings. The highest BCUT2D eigenvalue weighted by Crippen LogP contribution is 2.28. The highest BCUT2D eigenvalue weighted by atomic mass is 16.6. The number of carbonyl (C=O) groups excluding carboxylic acids is 2. The Labute approximate surface area is 189 Å². The summed E-state index contributed by atoms with van der Waals surface area (Å²) in [7, 11) is 1.43. The number of hydrogen-bond acceptors (Lipinski definition) is 7. The fourth-order valence-corrected chi connectivity index (χ4v) is 2.71. The van der Waals surface area contributed by atoms with Crippen LogP contribution in [-0.2, 0) is 4.79 Å². The van der Waals surface area contributed by atoms with Crippen LogP contribution >= 0.6 is 0 Å². The summed E-state index contributed by atoms with van der Waals surface area (Å²) in [5, 5.41) is 14.7. The van der Waals surface area contributed by atoms with Crippen molar-refractivity contribution in [2.24, 2.45) is 5.10 Å². The predicted molar refractivity (Wildman–Crippen MR) is 122 cm³/mol. The van der Waals surface area contributed by atoms with Crippen molar-refractivity contribution in [2.75, 3.05) is 7.11 Å². The molecule has 9 nitrogen and oxygen atoms in total. The summed E-state index contributed by atoms with van der Waals surface area (Å²) in [4.78, 5) is 34.5. The van der Waals surface area contributed by atoms with Crippen LogP contribution in [0.2, 0.25) is 0 Å². The number of nitro benzene ring substituents is 1. The van der Waals surface area contributed by atoms with E-state index in [0.29, 0.717) is 11.3 Å². The van der Waals surface area contributed by atoms with Gasteiger partial charge in [-0.25, -0.2) is 10.2 Å². The Morgan fingerprint density at radius 1 is 0.970 bits per heavy atom. The minimum absolute atomic E-state index is 0.102. The molecule has 0 aromatic heterocycles. The van der Waals surface area contributed by atoms with Crippen molar-refractivity contribution in [3.8, 4) is 11.5 Å². The first-order valence-corrected chi connectivity index (χ1v) is 9.67. The van der Waals surface area contributed by atoms with E-state index >= 15 is 0 Å². The van der Waals surface area contributed by atoms with Gasteiger partial charge in [0.2, 0.25) is 0 Å². The minimum atomic E-state index is -0.599. The molecule has 1 amide bonds.